The van der Waals surface area contributed by atoms with Crippen molar-refractivity contribution in [3.63, 3.8) is 0 Å². The van der Waals surface area contributed by atoms with E-state index >= 15 is 0 Å². The van der Waals surface area contributed by atoms with Crippen LogP contribution in [-0.4, -0.2) is 39.6 Å². The highest BCUT2D eigenvalue weighted by atomic mass is 16.5. The summed E-state index contributed by atoms with van der Waals surface area (Å²) in [4.78, 5) is 36.3. The Hall–Kier alpha value is -3.36. The highest BCUT2D eigenvalue weighted by Crippen LogP contribution is 2.34. The molecular formula is C19H23N5O4. The van der Waals surface area contributed by atoms with Gasteiger partial charge in [0.1, 0.15) is 11.3 Å². The predicted octanol–water partition coefficient (Wildman–Crippen LogP) is 2.13. The second-order valence-corrected chi connectivity index (χ2v) is 6.46. The van der Waals surface area contributed by atoms with Gasteiger partial charge in [-0.3, -0.25) is 4.79 Å². The standard InChI is InChI=1S/C19H23N5O4/c1-5-7-10(2)17-21-13(16(20)25)14-18(23-17)24(19(26)22-14)11-8-6-9-12(27-3)15(11)28-4/h6,8-10H,5,7H2,1-4H3,(H2,20,25)(H,22,26)/t10-/m0/s1. The molecule has 0 bridgehead atoms. The van der Waals surface area contributed by atoms with Crippen LogP contribution in [0.1, 0.15) is 48.9 Å². The average molecular weight is 385 g/mol. The zero-order valence-corrected chi connectivity index (χ0v) is 16.3. The molecule has 0 unspecified atom stereocenters. The molecule has 148 valence electrons. The molecule has 3 rings (SSSR count). The number of nitrogens with two attached hydrogens (primary N) is 1. The van der Waals surface area contributed by atoms with Crippen molar-refractivity contribution in [1.82, 2.24) is 19.5 Å². The smallest absolute Gasteiger partial charge is 0.332 e. The van der Waals surface area contributed by atoms with E-state index in [0.717, 1.165) is 12.8 Å². The predicted molar refractivity (Wildman–Crippen MR) is 104 cm³/mol. The topological polar surface area (TPSA) is 125 Å². The number of aromatic nitrogens is 4. The SMILES string of the molecule is CCC[C@H](C)c1nc(C(N)=O)c2[nH]c(=O)n(-c3cccc(OC)c3OC)c2n1. The van der Waals surface area contributed by atoms with E-state index in [-0.39, 0.29) is 22.8 Å². The number of hydrogen-bond donors (Lipinski definition) is 2. The molecule has 0 fully saturated rings. The summed E-state index contributed by atoms with van der Waals surface area (Å²) < 4.78 is 12.1. The van der Waals surface area contributed by atoms with Gasteiger partial charge in [-0.15, -0.1) is 0 Å². The lowest BCUT2D eigenvalue weighted by atomic mass is 10.1. The highest BCUT2D eigenvalue weighted by Gasteiger charge is 2.23. The molecule has 28 heavy (non-hydrogen) atoms. The van der Waals surface area contributed by atoms with Crippen LogP contribution in [0, 0.1) is 0 Å². The number of imidazole rings is 1. The second-order valence-electron chi connectivity index (χ2n) is 6.46. The molecule has 0 aliphatic heterocycles. The number of hydrogen-bond acceptors (Lipinski definition) is 6. The number of fused-ring (bicyclic) bond motifs is 1. The van der Waals surface area contributed by atoms with Crippen molar-refractivity contribution in [1.29, 1.82) is 0 Å². The number of rotatable bonds is 7. The van der Waals surface area contributed by atoms with Gasteiger partial charge in [-0.1, -0.05) is 26.3 Å². The van der Waals surface area contributed by atoms with Crippen LogP contribution in [0.25, 0.3) is 16.9 Å². The maximum atomic E-state index is 12.8. The van der Waals surface area contributed by atoms with Gasteiger partial charge in [0.05, 0.1) is 19.9 Å². The lowest BCUT2D eigenvalue weighted by molar-refractivity contribution is 0.0996. The number of ether oxygens (including phenoxy) is 2. The molecule has 0 saturated carbocycles. The Labute approximate surface area is 161 Å². The van der Waals surface area contributed by atoms with Crippen LogP contribution in [0.3, 0.4) is 0 Å². The third kappa shape index (κ3) is 3.19. The number of carbonyl (C=O) groups excluding carboxylic acids is 1. The number of methoxy groups -OCH3 is 2. The summed E-state index contributed by atoms with van der Waals surface area (Å²) in [5.74, 6) is 0.555. The lowest BCUT2D eigenvalue weighted by Crippen LogP contribution is -2.17. The molecule has 2 heterocycles. The van der Waals surface area contributed by atoms with Crippen molar-refractivity contribution in [3.8, 4) is 17.2 Å². The third-order valence-electron chi connectivity index (χ3n) is 4.57. The molecule has 3 N–H and O–H groups in total. The number of H-pyrrole nitrogens is 1. The number of benzene rings is 1. The molecule has 0 aliphatic rings. The van der Waals surface area contributed by atoms with Crippen LogP contribution in [0.2, 0.25) is 0 Å². The molecule has 3 aromatic rings. The molecule has 9 heteroatoms. The first-order chi connectivity index (χ1) is 13.4. The largest absolute Gasteiger partial charge is 0.493 e. The van der Waals surface area contributed by atoms with Gasteiger partial charge in [-0.05, 0) is 18.6 Å². The van der Waals surface area contributed by atoms with E-state index in [0.29, 0.717) is 23.0 Å². The van der Waals surface area contributed by atoms with Crippen molar-refractivity contribution in [3.05, 3.63) is 40.2 Å². The first-order valence-electron chi connectivity index (χ1n) is 8.96. The van der Waals surface area contributed by atoms with Crippen molar-refractivity contribution in [2.75, 3.05) is 14.2 Å². The summed E-state index contributed by atoms with van der Waals surface area (Å²) >= 11 is 0. The van der Waals surface area contributed by atoms with Gasteiger partial charge in [-0.2, -0.15) is 0 Å². The minimum absolute atomic E-state index is 0.00171. The third-order valence-corrected chi connectivity index (χ3v) is 4.57. The number of nitrogens with zero attached hydrogens (tertiary/aromatic N) is 3. The number of aromatic amines is 1. The number of nitrogens with one attached hydrogen (secondary N) is 1. The highest BCUT2D eigenvalue weighted by molar-refractivity contribution is 6.01. The van der Waals surface area contributed by atoms with E-state index in [1.807, 2.05) is 6.92 Å². The maximum Gasteiger partial charge on any atom is 0.332 e. The molecule has 0 aliphatic carbocycles. The zero-order valence-electron chi connectivity index (χ0n) is 16.3. The fourth-order valence-electron chi connectivity index (χ4n) is 3.23. The van der Waals surface area contributed by atoms with Crippen molar-refractivity contribution < 1.29 is 14.3 Å². The molecule has 1 amide bonds. The summed E-state index contributed by atoms with van der Waals surface area (Å²) in [5.41, 5.74) is 5.90. The Morgan fingerprint density at radius 1 is 1.29 bits per heavy atom. The van der Waals surface area contributed by atoms with Gasteiger partial charge in [0, 0.05) is 5.92 Å². The Kier molecular flexibility index (Phi) is 5.34. The number of carbonyl (C=O) groups is 1. The first-order valence-corrected chi connectivity index (χ1v) is 8.96. The van der Waals surface area contributed by atoms with Crippen molar-refractivity contribution in [2.24, 2.45) is 5.73 Å². The summed E-state index contributed by atoms with van der Waals surface area (Å²) in [5, 5.41) is 0. The van der Waals surface area contributed by atoms with Crippen molar-refractivity contribution >= 4 is 17.1 Å². The van der Waals surface area contributed by atoms with E-state index in [9.17, 15) is 9.59 Å². The van der Waals surface area contributed by atoms with Crippen molar-refractivity contribution in [2.45, 2.75) is 32.6 Å². The minimum atomic E-state index is -0.733. The Morgan fingerprint density at radius 2 is 2.04 bits per heavy atom. The van der Waals surface area contributed by atoms with Gasteiger partial charge in [0.2, 0.25) is 0 Å². The first kappa shape index (κ1) is 19.4. The van der Waals surface area contributed by atoms with Gasteiger partial charge in [-0.25, -0.2) is 19.3 Å². The monoisotopic (exact) mass is 385 g/mol. The van der Waals surface area contributed by atoms with Crippen LogP contribution >= 0.6 is 0 Å². The van der Waals surface area contributed by atoms with Crippen LogP contribution in [0.15, 0.2) is 23.0 Å². The summed E-state index contributed by atoms with van der Waals surface area (Å²) in [6.07, 6.45) is 1.76. The normalized spacial score (nSPS) is 12.1. The zero-order chi connectivity index (χ0) is 20.4. The summed E-state index contributed by atoms with van der Waals surface area (Å²) in [6, 6.07) is 5.16. The van der Waals surface area contributed by atoms with E-state index in [2.05, 4.69) is 21.9 Å². The second kappa shape index (κ2) is 7.71. The van der Waals surface area contributed by atoms with Crippen LogP contribution in [0.4, 0.5) is 0 Å². The summed E-state index contributed by atoms with van der Waals surface area (Å²) in [7, 11) is 3.00. The average Bonchev–Trinajstić information content (AvgIpc) is 3.01. The minimum Gasteiger partial charge on any atom is -0.493 e. The molecule has 0 radical (unpaired) electrons. The Balaban J connectivity index is 2.38. The molecule has 0 saturated heterocycles. The van der Waals surface area contributed by atoms with Crippen LogP contribution in [-0.2, 0) is 0 Å². The maximum absolute atomic E-state index is 12.8. The van der Waals surface area contributed by atoms with E-state index < -0.39 is 11.6 Å². The van der Waals surface area contributed by atoms with Gasteiger partial charge >= 0.3 is 5.69 Å². The number of amides is 1. The molecule has 1 atom stereocenters. The summed E-state index contributed by atoms with van der Waals surface area (Å²) in [6.45, 7) is 4.02. The molecule has 1 aromatic carbocycles. The number of para-hydroxylation sites is 1. The fraction of sp³-hybridized carbons (Fsp3) is 0.368. The van der Waals surface area contributed by atoms with E-state index in [4.69, 9.17) is 15.2 Å². The van der Waals surface area contributed by atoms with E-state index in [1.54, 1.807) is 18.2 Å². The lowest BCUT2D eigenvalue weighted by Gasteiger charge is -2.14. The molecule has 9 nitrogen and oxygen atoms in total. The Bertz CT molecular complexity index is 1090. The Morgan fingerprint density at radius 3 is 2.64 bits per heavy atom. The van der Waals surface area contributed by atoms with Gasteiger partial charge < -0.3 is 20.2 Å². The van der Waals surface area contributed by atoms with Gasteiger partial charge in [0.25, 0.3) is 5.91 Å². The number of primary amides is 1. The molecule has 2 aromatic heterocycles. The quantitative estimate of drug-likeness (QED) is 0.642. The van der Waals surface area contributed by atoms with Gasteiger partial charge in [0.15, 0.2) is 22.8 Å². The van der Waals surface area contributed by atoms with Crippen LogP contribution < -0.4 is 20.9 Å². The molecule has 0 spiro atoms. The van der Waals surface area contributed by atoms with Crippen LogP contribution in [0.5, 0.6) is 11.5 Å². The fourth-order valence-corrected chi connectivity index (χ4v) is 3.23. The van der Waals surface area contributed by atoms with E-state index in [1.165, 1.54) is 18.8 Å². The molecular weight excluding hydrogens is 362 g/mol.